The Labute approximate surface area is 64.7 Å². The summed E-state index contributed by atoms with van der Waals surface area (Å²) in [6, 6.07) is 0. The van der Waals surface area contributed by atoms with Gasteiger partial charge in [0.2, 0.25) is 0 Å². The molecular formula is C9H19N. The highest BCUT2D eigenvalue weighted by molar-refractivity contribution is 5.02. The van der Waals surface area contributed by atoms with E-state index in [2.05, 4.69) is 37.8 Å². The smallest absolute Gasteiger partial charge is 0.00474 e. The maximum Gasteiger partial charge on any atom is -0.00474 e. The summed E-state index contributed by atoms with van der Waals surface area (Å²) in [7, 11) is 0. The van der Waals surface area contributed by atoms with Crippen molar-refractivity contribution in [2.75, 3.05) is 19.6 Å². The van der Waals surface area contributed by atoms with Gasteiger partial charge in [0.05, 0.1) is 0 Å². The van der Waals surface area contributed by atoms with Crippen LogP contribution in [0.5, 0.6) is 0 Å². The first-order valence-electron chi connectivity index (χ1n) is 4.22. The maximum atomic E-state index is 2.38. The van der Waals surface area contributed by atoms with Crippen molar-refractivity contribution in [3.05, 3.63) is 12.2 Å². The molecule has 0 saturated carbocycles. The Hall–Kier alpha value is -0.300. The first-order chi connectivity index (χ1) is 4.85. The normalized spacial score (nSPS) is 12.8. The standard InChI is InChI=1S/C6H15N.C3H4/c1-4-7(5-2)6-3;1-2-3-1/h4-6H2,1-3H3;1-2H,3H2. The fraction of sp³-hybridized carbons (Fsp3) is 0.778. The lowest BCUT2D eigenvalue weighted by Crippen LogP contribution is -2.21. The molecule has 0 aromatic rings. The van der Waals surface area contributed by atoms with Crippen LogP contribution in [0, 0.1) is 0 Å². The Morgan fingerprint density at radius 1 is 1.00 bits per heavy atom. The van der Waals surface area contributed by atoms with E-state index < -0.39 is 0 Å². The minimum Gasteiger partial charge on any atom is -0.304 e. The fourth-order valence-electron chi connectivity index (χ4n) is 0.671. The molecule has 0 aliphatic heterocycles. The Morgan fingerprint density at radius 3 is 1.30 bits per heavy atom. The van der Waals surface area contributed by atoms with Crippen LogP contribution < -0.4 is 0 Å². The monoisotopic (exact) mass is 141 g/mol. The van der Waals surface area contributed by atoms with E-state index in [-0.39, 0.29) is 0 Å². The van der Waals surface area contributed by atoms with Crippen LogP contribution in [0.15, 0.2) is 12.2 Å². The van der Waals surface area contributed by atoms with E-state index in [1.165, 1.54) is 26.1 Å². The molecule has 1 aliphatic rings. The van der Waals surface area contributed by atoms with E-state index >= 15 is 0 Å². The lowest BCUT2D eigenvalue weighted by Gasteiger charge is -2.13. The average Bonchev–Trinajstić information content (AvgIpc) is 2.76. The molecule has 0 atom stereocenters. The first kappa shape index (κ1) is 9.70. The second kappa shape index (κ2) is 6.81. The molecule has 60 valence electrons. The van der Waals surface area contributed by atoms with E-state index in [0.717, 1.165) is 0 Å². The topological polar surface area (TPSA) is 3.24 Å². The predicted molar refractivity (Wildman–Crippen MR) is 47.2 cm³/mol. The first-order valence-corrected chi connectivity index (χ1v) is 4.22. The second-order valence-corrected chi connectivity index (χ2v) is 2.33. The number of nitrogens with zero attached hydrogens (tertiary/aromatic N) is 1. The van der Waals surface area contributed by atoms with Gasteiger partial charge in [0.25, 0.3) is 0 Å². The van der Waals surface area contributed by atoms with Gasteiger partial charge in [-0.2, -0.15) is 0 Å². The predicted octanol–water partition coefficient (Wildman–Crippen LogP) is 2.29. The second-order valence-electron chi connectivity index (χ2n) is 2.33. The van der Waals surface area contributed by atoms with E-state index in [4.69, 9.17) is 0 Å². The summed E-state index contributed by atoms with van der Waals surface area (Å²) in [6.45, 7) is 10.1. The van der Waals surface area contributed by atoms with Gasteiger partial charge < -0.3 is 4.90 Å². The van der Waals surface area contributed by atoms with Crippen molar-refractivity contribution in [1.29, 1.82) is 0 Å². The molecule has 1 nitrogen and oxygen atoms in total. The van der Waals surface area contributed by atoms with Crippen LogP contribution in [0.25, 0.3) is 0 Å². The molecule has 0 unspecified atom stereocenters. The summed E-state index contributed by atoms with van der Waals surface area (Å²) in [6.07, 6.45) is 5.50. The van der Waals surface area contributed by atoms with Gasteiger partial charge in [0, 0.05) is 0 Å². The summed E-state index contributed by atoms with van der Waals surface area (Å²) in [4.78, 5) is 2.38. The zero-order chi connectivity index (χ0) is 7.82. The van der Waals surface area contributed by atoms with Gasteiger partial charge in [-0.1, -0.05) is 32.9 Å². The lowest BCUT2D eigenvalue weighted by atomic mass is 10.5. The van der Waals surface area contributed by atoms with Crippen molar-refractivity contribution in [2.45, 2.75) is 27.2 Å². The Kier molecular flexibility index (Phi) is 6.61. The summed E-state index contributed by atoms with van der Waals surface area (Å²) >= 11 is 0. The average molecular weight is 141 g/mol. The van der Waals surface area contributed by atoms with E-state index in [0.29, 0.717) is 0 Å². The van der Waals surface area contributed by atoms with Gasteiger partial charge in [-0.3, -0.25) is 0 Å². The van der Waals surface area contributed by atoms with Crippen molar-refractivity contribution in [2.24, 2.45) is 0 Å². The van der Waals surface area contributed by atoms with Crippen LogP contribution in [0.4, 0.5) is 0 Å². The number of rotatable bonds is 3. The number of hydrogen-bond acceptors (Lipinski definition) is 1. The summed E-state index contributed by atoms with van der Waals surface area (Å²) < 4.78 is 0. The Balaban J connectivity index is 0.000000219. The Morgan fingerprint density at radius 2 is 1.30 bits per heavy atom. The van der Waals surface area contributed by atoms with Crippen LogP contribution in [0.3, 0.4) is 0 Å². The number of hydrogen-bond donors (Lipinski definition) is 0. The molecule has 0 N–H and O–H groups in total. The van der Waals surface area contributed by atoms with Gasteiger partial charge >= 0.3 is 0 Å². The molecule has 0 fully saturated rings. The van der Waals surface area contributed by atoms with Crippen molar-refractivity contribution >= 4 is 0 Å². The molecule has 0 spiro atoms. The van der Waals surface area contributed by atoms with E-state index in [9.17, 15) is 0 Å². The Bertz CT molecular complexity index is 73.2. The third-order valence-corrected chi connectivity index (χ3v) is 1.58. The van der Waals surface area contributed by atoms with Gasteiger partial charge in [0.1, 0.15) is 0 Å². The van der Waals surface area contributed by atoms with Crippen molar-refractivity contribution in [1.82, 2.24) is 4.90 Å². The maximum absolute atomic E-state index is 2.38. The highest BCUT2D eigenvalue weighted by Gasteiger charge is 1.89. The molecule has 0 saturated heterocycles. The van der Waals surface area contributed by atoms with Gasteiger partial charge in [-0.05, 0) is 26.1 Å². The van der Waals surface area contributed by atoms with Gasteiger partial charge in [-0.25, -0.2) is 0 Å². The molecule has 0 radical (unpaired) electrons. The molecule has 0 aromatic carbocycles. The van der Waals surface area contributed by atoms with Crippen molar-refractivity contribution in [3.63, 3.8) is 0 Å². The molecule has 0 amide bonds. The van der Waals surface area contributed by atoms with Crippen LogP contribution in [0.2, 0.25) is 0 Å². The van der Waals surface area contributed by atoms with Crippen LogP contribution in [-0.4, -0.2) is 24.5 Å². The molecule has 1 aliphatic carbocycles. The quantitative estimate of drug-likeness (QED) is 0.545. The highest BCUT2D eigenvalue weighted by atomic mass is 15.1. The lowest BCUT2D eigenvalue weighted by molar-refractivity contribution is 0.321. The summed E-state index contributed by atoms with van der Waals surface area (Å²) in [5.41, 5.74) is 0. The molecular weight excluding hydrogens is 122 g/mol. The third-order valence-electron chi connectivity index (χ3n) is 1.58. The zero-order valence-corrected chi connectivity index (χ0v) is 7.43. The van der Waals surface area contributed by atoms with Crippen LogP contribution in [0.1, 0.15) is 27.2 Å². The molecule has 1 rings (SSSR count). The van der Waals surface area contributed by atoms with Gasteiger partial charge in [-0.15, -0.1) is 0 Å². The van der Waals surface area contributed by atoms with Crippen molar-refractivity contribution < 1.29 is 0 Å². The van der Waals surface area contributed by atoms with Crippen LogP contribution in [-0.2, 0) is 0 Å². The minimum absolute atomic E-state index is 1.19. The van der Waals surface area contributed by atoms with E-state index in [1.807, 2.05) is 0 Å². The summed E-state index contributed by atoms with van der Waals surface area (Å²) in [5, 5.41) is 0. The molecule has 0 aromatic heterocycles. The van der Waals surface area contributed by atoms with Crippen LogP contribution >= 0.6 is 0 Å². The van der Waals surface area contributed by atoms with E-state index in [1.54, 1.807) is 0 Å². The molecule has 1 heteroatoms. The fourth-order valence-corrected chi connectivity index (χ4v) is 0.671. The van der Waals surface area contributed by atoms with Gasteiger partial charge in [0.15, 0.2) is 0 Å². The number of allylic oxidation sites excluding steroid dienone is 2. The largest absolute Gasteiger partial charge is 0.304 e. The molecule has 0 heterocycles. The summed E-state index contributed by atoms with van der Waals surface area (Å²) in [5.74, 6) is 0. The highest BCUT2D eigenvalue weighted by Crippen LogP contribution is 1.96. The zero-order valence-electron chi connectivity index (χ0n) is 7.43. The molecule has 10 heavy (non-hydrogen) atoms. The molecule has 0 bridgehead atoms. The SMILES string of the molecule is C1=CC1.CCN(CC)CC. The third kappa shape index (κ3) is 7.70. The van der Waals surface area contributed by atoms with Crippen molar-refractivity contribution in [3.8, 4) is 0 Å². The minimum atomic E-state index is 1.19.